The van der Waals surface area contributed by atoms with Crippen LogP contribution in [-0.2, 0) is 17.1 Å². The minimum absolute atomic E-state index is 0.00802. The minimum atomic E-state index is -1.04. The number of thioether (sulfide) groups is 1. The number of carboxylic acids is 1. The third kappa shape index (κ3) is 3.98. The molecular weight excluding hydrogens is 366 g/mol. The van der Waals surface area contributed by atoms with E-state index in [9.17, 15) is 14.9 Å². The van der Waals surface area contributed by atoms with Crippen molar-refractivity contribution >= 4 is 39.3 Å². The smallest absolute Gasteiger partial charge is 0.325 e. The standard InChI is InChI=1S/C10H8BrN5O4S/c11-8-3-7(16(19)20)2-1-6(8)5-21-10-12-13-14-15(10)4-9(17)18/h1-3H,4-5H2,(H,17,18). The van der Waals surface area contributed by atoms with Crippen LogP contribution in [-0.4, -0.2) is 36.2 Å². The minimum Gasteiger partial charge on any atom is -0.480 e. The van der Waals surface area contributed by atoms with Crippen molar-refractivity contribution in [2.45, 2.75) is 17.5 Å². The molecule has 2 aromatic rings. The zero-order valence-corrected chi connectivity index (χ0v) is 12.7. The number of hydrogen-bond acceptors (Lipinski definition) is 7. The van der Waals surface area contributed by atoms with E-state index < -0.39 is 10.9 Å². The molecule has 110 valence electrons. The lowest BCUT2D eigenvalue weighted by Gasteiger charge is -2.04. The van der Waals surface area contributed by atoms with Gasteiger partial charge in [0.1, 0.15) is 6.54 Å². The summed E-state index contributed by atoms with van der Waals surface area (Å²) >= 11 is 4.51. The van der Waals surface area contributed by atoms with Crippen molar-refractivity contribution in [3.8, 4) is 0 Å². The molecule has 0 aliphatic carbocycles. The van der Waals surface area contributed by atoms with Gasteiger partial charge in [0.2, 0.25) is 5.16 Å². The monoisotopic (exact) mass is 373 g/mol. The number of non-ortho nitro benzene ring substituents is 1. The zero-order chi connectivity index (χ0) is 15.4. The summed E-state index contributed by atoms with van der Waals surface area (Å²) in [5.41, 5.74) is 0.807. The van der Waals surface area contributed by atoms with Gasteiger partial charge < -0.3 is 5.11 Å². The summed E-state index contributed by atoms with van der Waals surface area (Å²) in [6, 6.07) is 4.44. The molecular formula is C10H8BrN5O4S. The van der Waals surface area contributed by atoms with Gasteiger partial charge in [0, 0.05) is 22.4 Å². The Bertz CT molecular complexity index is 692. The number of tetrazole rings is 1. The molecule has 0 bridgehead atoms. The van der Waals surface area contributed by atoms with E-state index in [0.29, 0.717) is 15.4 Å². The van der Waals surface area contributed by atoms with Crippen molar-refractivity contribution in [3.05, 3.63) is 38.3 Å². The zero-order valence-electron chi connectivity index (χ0n) is 10.3. The number of nitro groups is 1. The van der Waals surface area contributed by atoms with Crippen LogP contribution in [0.5, 0.6) is 0 Å². The van der Waals surface area contributed by atoms with Crippen molar-refractivity contribution in [1.29, 1.82) is 0 Å². The normalized spacial score (nSPS) is 10.5. The van der Waals surface area contributed by atoms with Crippen LogP contribution in [0.4, 0.5) is 5.69 Å². The third-order valence-electron chi connectivity index (χ3n) is 2.39. The van der Waals surface area contributed by atoms with Crippen molar-refractivity contribution in [2.75, 3.05) is 0 Å². The second kappa shape index (κ2) is 6.63. The summed E-state index contributed by atoms with van der Waals surface area (Å²) in [5, 5.41) is 30.5. The first-order valence-corrected chi connectivity index (χ1v) is 7.29. The summed E-state index contributed by atoms with van der Waals surface area (Å²) < 4.78 is 1.77. The van der Waals surface area contributed by atoms with E-state index in [1.165, 1.54) is 28.6 Å². The molecule has 0 aliphatic rings. The lowest BCUT2D eigenvalue weighted by Crippen LogP contribution is -2.11. The maximum absolute atomic E-state index is 10.7. The van der Waals surface area contributed by atoms with Crippen molar-refractivity contribution in [3.63, 3.8) is 0 Å². The second-order valence-electron chi connectivity index (χ2n) is 3.83. The molecule has 0 spiro atoms. The van der Waals surface area contributed by atoms with Crippen LogP contribution in [0.15, 0.2) is 27.8 Å². The Balaban J connectivity index is 2.08. The van der Waals surface area contributed by atoms with E-state index in [4.69, 9.17) is 5.11 Å². The van der Waals surface area contributed by atoms with Crippen LogP contribution < -0.4 is 0 Å². The van der Waals surface area contributed by atoms with Crippen LogP contribution in [0.3, 0.4) is 0 Å². The predicted molar refractivity (Wildman–Crippen MR) is 75.8 cm³/mol. The molecule has 0 saturated carbocycles. The summed E-state index contributed by atoms with van der Waals surface area (Å²) in [5.74, 6) is -0.598. The molecule has 2 rings (SSSR count). The van der Waals surface area contributed by atoms with Gasteiger partial charge in [-0.1, -0.05) is 33.8 Å². The fourth-order valence-corrected chi connectivity index (χ4v) is 3.01. The number of aliphatic carboxylic acids is 1. The van der Waals surface area contributed by atoms with Crippen molar-refractivity contribution in [2.24, 2.45) is 0 Å². The lowest BCUT2D eigenvalue weighted by atomic mass is 10.2. The van der Waals surface area contributed by atoms with E-state index >= 15 is 0 Å². The molecule has 0 aliphatic heterocycles. The second-order valence-corrected chi connectivity index (χ2v) is 5.63. The highest BCUT2D eigenvalue weighted by Gasteiger charge is 2.13. The number of nitrogens with zero attached hydrogens (tertiary/aromatic N) is 5. The molecule has 11 heteroatoms. The maximum Gasteiger partial charge on any atom is 0.325 e. The number of rotatable bonds is 6. The summed E-state index contributed by atoms with van der Waals surface area (Å²) in [7, 11) is 0. The predicted octanol–water partition coefficient (Wildman–Crippen LogP) is 1.72. The summed E-state index contributed by atoms with van der Waals surface area (Å²) in [6.45, 7) is -0.323. The van der Waals surface area contributed by atoms with Gasteiger partial charge in [-0.2, -0.15) is 0 Å². The molecule has 1 N–H and O–H groups in total. The van der Waals surface area contributed by atoms with E-state index in [2.05, 4.69) is 31.5 Å². The molecule has 1 aromatic heterocycles. The Morgan fingerprint density at radius 1 is 1.52 bits per heavy atom. The molecule has 9 nitrogen and oxygen atoms in total. The number of halogens is 1. The maximum atomic E-state index is 10.7. The number of hydrogen-bond donors (Lipinski definition) is 1. The van der Waals surface area contributed by atoms with Crippen LogP contribution in [0.25, 0.3) is 0 Å². The highest BCUT2D eigenvalue weighted by Crippen LogP contribution is 2.28. The van der Waals surface area contributed by atoms with Gasteiger partial charge in [0.15, 0.2) is 0 Å². The van der Waals surface area contributed by atoms with E-state index in [1.54, 1.807) is 6.07 Å². The van der Waals surface area contributed by atoms with Gasteiger partial charge in [0.05, 0.1) is 4.92 Å². The molecule has 21 heavy (non-hydrogen) atoms. The van der Waals surface area contributed by atoms with Crippen molar-refractivity contribution < 1.29 is 14.8 Å². The average Bonchev–Trinajstić information content (AvgIpc) is 2.83. The fraction of sp³-hybridized carbons (Fsp3) is 0.200. The van der Waals surface area contributed by atoms with Gasteiger partial charge in [-0.05, 0) is 16.0 Å². The first-order chi connectivity index (χ1) is 9.97. The van der Waals surface area contributed by atoms with Crippen LogP contribution >= 0.6 is 27.7 Å². The topological polar surface area (TPSA) is 124 Å². The number of nitro benzene ring substituents is 1. The number of carbonyl (C=O) groups is 1. The highest BCUT2D eigenvalue weighted by molar-refractivity contribution is 9.10. The molecule has 0 atom stereocenters. The molecule has 0 unspecified atom stereocenters. The van der Waals surface area contributed by atoms with Gasteiger partial charge in [-0.3, -0.25) is 14.9 Å². The van der Waals surface area contributed by atoms with E-state index in [1.807, 2.05) is 0 Å². The molecule has 0 amide bonds. The van der Waals surface area contributed by atoms with Gasteiger partial charge in [0.25, 0.3) is 5.69 Å². The Hall–Kier alpha value is -2.01. The first-order valence-electron chi connectivity index (χ1n) is 5.51. The van der Waals surface area contributed by atoms with E-state index in [-0.39, 0.29) is 12.2 Å². The Kier molecular flexibility index (Phi) is 4.85. The molecule has 1 heterocycles. The Labute approximate surface area is 130 Å². The first kappa shape index (κ1) is 15.4. The lowest BCUT2D eigenvalue weighted by molar-refractivity contribution is -0.384. The molecule has 0 fully saturated rings. The Morgan fingerprint density at radius 2 is 2.29 bits per heavy atom. The number of benzene rings is 1. The number of carboxylic acid groups (broad SMARTS) is 1. The van der Waals surface area contributed by atoms with Gasteiger partial charge >= 0.3 is 5.97 Å². The van der Waals surface area contributed by atoms with Crippen LogP contribution in [0, 0.1) is 10.1 Å². The Morgan fingerprint density at radius 3 is 2.90 bits per heavy atom. The van der Waals surface area contributed by atoms with Gasteiger partial charge in [-0.25, -0.2) is 4.68 Å². The SMILES string of the molecule is O=C(O)Cn1nnnc1SCc1ccc([N+](=O)[O-])cc1Br. The quantitative estimate of drug-likeness (QED) is 0.460. The third-order valence-corrected chi connectivity index (χ3v) is 4.13. The number of aromatic nitrogens is 4. The van der Waals surface area contributed by atoms with E-state index in [0.717, 1.165) is 5.56 Å². The van der Waals surface area contributed by atoms with Crippen molar-refractivity contribution in [1.82, 2.24) is 20.2 Å². The summed E-state index contributed by atoms with van der Waals surface area (Å²) in [4.78, 5) is 20.8. The average molecular weight is 374 g/mol. The fourth-order valence-electron chi connectivity index (χ4n) is 1.44. The van der Waals surface area contributed by atoms with Crippen LogP contribution in [0.1, 0.15) is 5.56 Å². The summed E-state index contributed by atoms with van der Waals surface area (Å²) in [6.07, 6.45) is 0. The van der Waals surface area contributed by atoms with Crippen LogP contribution in [0.2, 0.25) is 0 Å². The molecule has 1 aromatic carbocycles. The molecule has 0 saturated heterocycles. The highest BCUT2D eigenvalue weighted by atomic mass is 79.9. The largest absolute Gasteiger partial charge is 0.480 e. The molecule has 0 radical (unpaired) electrons. The van der Waals surface area contributed by atoms with Gasteiger partial charge in [-0.15, -0.1) is 5.10 Å².